The maximum Gasteiger partial charge on any atom is 0.258 e. The molecule has 0 fully saturated rings. The molecule has 0 rings (SSSR count). The summed E-state index contributed by atoms with van der Waals surface area (Å²) in [5, 5.41) is 0. The van der Waals surface area contributed by atoms with E-state index in [1.165, 1.54) is 0 Å². The average molecular weight is 195 g/mol. The first-order valence-corrected chi connectivity index (χ1v) is 4.09. The maximum absolute atomic E-state index is 12.0. The Morgan fingerprint density at radius 3 is 2.22 bits per heavy atom. The third kappa shape index (κ3) is 8.62. The van der Waals surface area contributed by atoms with Crippen molar-refractivity contribution in [3.63, 3.8) is 0 Å². The molecule has 56 valence electrons. The molecule has 0 heterocycles. The van der Waals surface area contributed by atoms with Crippen molar-refractivity contribution in [1.29, 1.82) is 0 Å². The Morgan fingerprint density at radius 1 is 1.67 bits per heavy atom. The highest BCUT2D eigenvalue weighted by molar-refractivity contribution is 7.79. The van der Waals surface area contributed by atoms with E-state index in [0.29, 0.717) is 0 Å². The van der Waals surface area contributed by atoms with Crippen LogP contribution in [0.2, 0.25) is 0 Å². The molecule has 0 aromatic rings. The normalized spacial score (nSPS) is 15.6. The van der Waals surface area contributed by atoms with Crippen molar-refractivity contribution in [2.24, 2.45) is 0 Å². The van der Waals surface area contributed by atoms with Gasteiger partial charge in [0.25, 0.3) is 4.59 Å². The van der Waals surface area contributed by atoms with Gasteiger partial charge in [-0.15, -0.1) is 0 Å². The van der Waals surface area contributed by atoms with E-state index in [1.807, 2.05) is 0 Å². The van der Waals surface area contributed by atoms with Crippen LogP contribution in [0.1, 0.15) is 6.42 Å². The summed E-state index contributed by atoms with van der Waals surface area (Å²) < 4.78 is 27.6. The highest BCUT2D eigenvalue weighted by Gasteiger charge is 2.22. The van der Waals surface area contributed by atoms with Crippen molar-refractivity contribution in [3.8, 4) is 0 Å². The van der Waals surface area contributed by atoms with Gasteiger partial charge in [0.15, 0.2) is 11.1 Å². The quantitative estimate of drug-likeness (QED) is 0.549. The zero-order valence-electron chi connectivity index (χ0n) is 4.31. The van der Waals surface area contributed by atoms with E-state index in [2.05, 4.69) is 0 Å². The van der Waals surface area contributed by atoms with E-state index in [0.717, 1.165) is 0 Å². The molecule has 0 aromatic heterocycles. The average Bonchev–Trinajstić information content (AvgIpc) is 1.59. The highest BCUT2D eigenvalue weighted by Crippen LogP contribution is 2.26. The Morgan fingerprint density at radius 2 is 2.11 bits per heavy atom. The molecule has 0 aliphatic carbocycles. The molecule has 0 amide bonds. The minimum Gasteiger partial charge on any atom is -0.306 e. The lowest BCUT2D eigenvalue weighted by molar-refractivity contribution is 0.382. The van der Waals surface area contributed by atoms with Gasteiger partial charge in [-0.1, -0.05) is 23.2 Å². The standard InChI is InChI=1S/C3H5Cl2FO2S/c4-3(5,6)1-2-9(7)8/h1-2H2,(H,7,8). The zero-order chi connectivity index (χ0) is 7.49. The van der Waals surface area contributed by atoms with Crippen LogP contribution in [-0.2, 0) is 11.1 Å². The molecule has 1 atom stereocenters. The van der Waals surface area contributed by atoms with Gasteiger partial charge < -0.3 is 4.55 Å². The fraction of sp³-hybridized carbons (Fsp3) is 1.00. The molecule has 6 heteroatoms. The number of hydrogen-bond donors (Lipinski definition) is 1. The summed E-state index contributed by atoms with van der Waals surface area (Å²) in [5.41, 5.74) is 0. The van der Waals surface area contributed by atoms with Crippen LogP contribution < -0.4 is 0 Å². The van der Waals surface area contributed by atoms with Crippen LogP contribution in [0, 0.1) is 0 Å². The minimum absolute atomic E-state index is 0.247. The number of hydrogen-bond acceptors (Lipinski definition) is 1. The second kappa shape index (κ2) is 3.71. The first-order chi connectivity index (χ1) is 3.92. The Balaban J connectivity index is 3.39. The van der Waals surface area contributed by atoms with Crippen molar-refractivity contribution in [2.75, 3.05) is 5.75 Å². The summed E-state index contributed by atoms with van der Waals surface area (Å²) in [6.45, 7) is 0. The van der Waals surface area contributed by atoms with Crippen LogP contribution in [0.4, 0.5) is 4.39 Å². The summed E-state index contributed by atoms with van der Waals surface area (Å²) in [5.74, 6) is -0.247. The molecule has 0 aliphatic rings. The SMILES string of the molecule is O=S(O)CCC(F)(Cl)Cl. The lowest BCUT2D eigenvalue weighted by Gasteiger charge is -2.04. The van der Waals surface area contributed by atoms with Crippen LogP contribution in [0.15, 0.2) is 0 Å². The van der Waals surface area contributed by atoms with Gasteiger partial charge in [0.1, 0.15) is 0 Å². The highest BCUT2D eigenvalue weighted by atomic mass is 35.5. The van der Waals surface area contributed by atoms with E-state index in [1.54, 1.807) is 0 Å². The first kappa shape index (κ1) is 9.62. The Kier molecular flexibility index (Phi) is 3.96. The van der Waals surface area contributed by atoms with Crippen LogP contribution in [0.3, 0.4) is 0 Å². The fourth-order valence-corrected chi connectivity index (χ4v) is 1.07. The predicted octanol–water partition coefficient (Wildman–Crippen LogP) is 1.70. The largest absolute Gasteiger partial charge is 0.306 e. The topological polar surface area (TPSA) is 37.3 Å². The van der Waals surface area contributed by atoms with Crippen molar-refractivity contribution in [2.45, 2.75) is 11.0 Å². The lowest BCUT2D eigenvalue weighted by Crippen LogP contribution is -2.09. The second-order valence-electron chi connectivity index (χ2n) is 1.39. The summed E-state index contributed by atoms with van der Waals surface area (Å²) >= 11 is 7.64. The van der Waals surface area contributed by atoms with E-state index >= 15 is 0 Å². The second-order valence-corrected chi connectivity index (χ2v) is 3.83. The zero-order valence-corrected chi connectivity index (χ0v) is 6.64. The third-order valence-electron chi connectivity index (χ3n) is 0.560. The van der Waals surface area contributed by atoms with Crippen LogP contribution >= 0.6 is 23.2 Å². The molecular weight excluding hydrogens is 190 g/mol. The van der Waals surface area contributed by atoms with E-state index in [4.69, 9.17) is 27.8 Å². The van der Waals surface area contributed by atoms with Crippen LogP contribution in [0.25, 0.3) is 0 Å². The van der Waals surface area contributed by atoms with E-state index in [-0.39, 0.29) is 12.2 Å². The monoisotopic (exact) mass is 194 g/mol. The molecule has 9 heavy (non-hydrogen) atoms. The molecule has 0 bridgehead atoms. The first-order valence-electron chi connectivity index (χ1n) is 2.06. The number of rotatable bonds is 3. The maximum atomic E-state index is 12.0. The molecule has 0 saturated heterocycles. The molecule has 0 aromatic carbocycles. The molecule has 1 unspecified atom stereocenters. The molecule has 0 spiro atoms. The third-order valence-corrected chi connectivity index (χ3v) is 1.49. The van der Waals surface area contributed by atoms with Crippen molar-refractivity contribution < 1.29 is 13.2 Å². The lowest BCUT2D eigenvalue weighted by atomic mass is 10.5. The smallest absolute Gasteiger partial charge is 0.258 e. The Hall–Kier alpha value is 0.620. The van der Waals surface area contributed by atoms with Gasteiger partial charge in [0.2, 0.25) is 0 Å². The summed E-state index contributed by atoms with van der Waals surface area (Å²) in [4.78, 5) is 0. The van der Waals surface area contributed by atoms with Gasteiger partial charge in [-0.2, -0.15) is 0 Å². The summed E-state index contributed by atoms with van der Waals surface area (Å²) in [7, 11) is 0. The van der Waals surface area contributed by atoms with Gasteiger partial charge in [0, 0.05) is 6.42 Å². The van der Waals surface area contributed by atoms with Gasteiger partial charge >= 0.3 is 0 Å². The Bertz CT molecular complexity index is 113. The fourth-order valence-electron chi connectivity index (χ4n) is 0.203. The molecule has 0 saturated carbocycles. The van der Waals surface area contributed by atoms with Crippen molar-refractivity contribution in [3.05, 3.63) is 0 Å². The van der Waals surface area contributed by atoms with Gasteiger partial charge in [-0.3, -0.25) is 0 Å². The number of alkyl halides is 3. The number of halogens is 3. The molecular formula is C3H5Cl2FO2S. The molecule has 2 nitrogen and oxygen atoms in total. The van der Waals surface area contributed by atoms with E-state index < -0.39 is 15.7 Å². The summed E-state index contributed by atoms with van der Waals surface area (Å²) in [6.07, 6.45) is -0.334. The predicted molar refractivity (Wildman–Crippen MR) is 35.8 cm³/mol. The molecule has 1 N–H and O–H groups in total. The van der Waals surface area contributed by atoms with Gasteiger partial charge in [-0.25, -0.2) is 8.60 Å². The van der Waals surface area contributed by atoms with Crippen LogP contribution in [-0.4, -0.2) is 19.1 Å². The van der Waals surface area contributed by atoms with Crippen LogP contribution in [0.5, 0.6) is 0 Å². The van der Waals surface area contributed by atoms with E-state index in [9.17, 15) is 8.60 Å². The van der Waals surface area contributed by atoms with Gasteiger partial charge in [-0.05, 0) is 0 Å². The molecule has 0 aliphatic heterocycles. The van der Waals surface area contributed by atoms with Crippen molar-refractivity contribution >= 4 is 34.3 Å². The summed E-state index contributed by atoms with van der Waals surface area (Å²) in [6, 6.07) is 0. The van der Waals surface area contributed by atoms with Crippen molar-refractivity contribution in [1.82, 2.24) is 0 Å². The van der Waals surface area contributed by atoms with Gasteiger partial charge in [0.05, 0.1) is 5.75 Å². The Labute approximate surface area is 64.6 Å². The molecule has 0 radical (unpaired) electrons. The minimum atomic E-state index is -2.38.